The molecule has 2 N–H and O–H groups in total. The van der Waals surface area contributed by atoms with Crippen LogP contribution in [0.3, 0.4) is 0 Å². The highest BCUT2D eigenvalue weighted by Crippen LogP contribution is 2.33. The summed E-state index contributed by atoms with van der Waals surface area (Å²) in [6.45, 7) is -0.226. The fourth-order valence-electron chi connectivity index (χ4n) is 4.55. The third-order valence-corrected chi connectivity index (χ3v) is 5.92. The number of carbonyl (C=O) groups excluding carboxylic acids is 3. The van der Waals surface area contributed by atoms with E-state index in [9.17, 15) is 14.4 Å². The van der Waals surface area contributed by atoms with E-state index in [1.807, 2.05) is 12.1 Å². The molecule has 0 bridgehead atoms. The van der Waals surface area contributed by atoms with E-state index in [1.165, 1.54) is 17.5 Å². The number of benzene rings is 1. The van der Waals surface area contributed by atoms with Crippen molar-refractivity contribution in [2.24, 2.45) is 0 Å². The van der Waals surface area contributed by atoms with Gasteiger partial charge in [-0.3, -0.25) is 14.5 Å². The number of urea groups is 1. The van der Waals surface area contributed by atoms with Gasteiger partial charge in [0.15, 0.2) is 0 Å². The number of amides is 4. The Morgan fingerprint density at radius 3 is 2.65 bits per heavy atom. The maximum absolute atomic E-state index is 12.8. The monoisotopic (exact) mass is 355 g/mol. The quantitative estimate of drug-likeness (QED) is 0.819. The van der Waals surface area contributed by atoms with Gasteiger partial charge >= 0.3 is 6.03 Å². The first-order chi connectivity index (χ1) is 12.6. The molecule has 0 aromatic heterocycles. The van der Waals surface area contributed by atoms with E-state index in [0.717, 1.165) is 49.1 Å². The lowest BCUT2D eigenvalue weighted by Gasteiger charge is -2.30. The predicted molar refractivity (Wildman–Crippen MR) is 97.8 cm³/mol. The van der Waals surface area contributed by atoms with E-state index >= 15 is 0 Å². The maximum atomic E-state index is 12.8. The fraction of sp³-hybridized carbons (Fsp3) is 0.550. The molecule has 1 spiro atoms. The second-order valence-electron chi connectivity index (χ2n) is 7.66. The zero-order valence-corrected chi connectivity index (χ0v) is 15.0. The van der Waals surface area contributed by atoms with Crippen LogP contribution in [0, 0.1) is 0 Å². The highest BCUT2D eigenvalue weighted by Gasteiger charge is 2.51. The van der Waals surface area contributed by atoms with Gasteiger partial charge in [0.05, 0.1) is 0 Å². The van der Waals surface area contributed by atoms with Crippen molar-refractivity contribution in [1.29, 1.82) is 0 Å². The molecule has 0 atom stereocenters. The lowest BCUT2D eigenvalue weighted by Crippen LogP contribution is -2.48. The fourth-order valence-corrected chi connectivity index (χ4v) is 4.55. The van der Waals surface area contributed by atoms with Crippen molar-refractivity contribution in [2.75, 3.05) is 11.9 Å². The number of anilines is 1. The molecule has 1 heterocycles. The van der Waals surface area contributed by atoms with Gasteiger partial charge in [-0.05, 0) is 55.7 Å². The molecule has 1 aliphatic heterocycles. The SMILES string of the molecule is O=C(CN1C(=O)NC2(CCCCC2)C1=O)Nc1cccc2c1CCCC2. The van der Waals surface area contributed by atoms with Crippen LogP contribution in [0.25, 0.3) is 0 Å². The molecule has 2 fully saturated rings. The molecule has 0 radical (unpaired) electrons. The van der Waals surface area contributed by atoms with Crippen LogP contribution in [0.5, 0.6) is 0 Å². The Bertz CT molecular complexity index is 753. The van der Waals surface area contributed by atoms with Gasteiger partial charge < -0.3 is 10.6 Å². The van der Waals surface area contributed by atoms with Crippen molar-refractivity contribution < 1.29 is 14.4 Å². The van der Waals surface area contributed by atoms with Crippen LogP contribution < -0.4 is 10.6 Å². The van der Waals surface area contributed by atoms with Crippen LogP contribution in [0.1, 0.15) is 56.1 Å². The topological polar surface area (TPSA) is 78.5 Å². The van der Waals surface area contributed by atoms with E-state index in [2.05, 4.69) is 16.7 Å². The minimum absolute atomic E-state index is 0.226. The molecule has 6 nitrogen and oxygen atoms in total. The molecule has 4 amide bonds. The van der Waals surface area contributed by atoms with E-state index in [1.54, 1.807) is 0 Å². The Labute approximate surface area is 153 Å². The Balaban J connectivity index is 1.45. The van der Waals surface area contributed by atoms with Gasteiger partial charge in [-0.25, -0.2) is 4.79 Å². The Morgan fingerprint density at radius 1 is 1.08 bits per heavy atom. The molecule has 0 unspecified atom stereocenters. The minimum atomic E-state index is -0.776. The number of fused-ring (bicyclic) bond motifs is 1. The average Bonchev–Trinajstić information content (AvgIpc) is 2.87. The van der Waals surface area contributed by atoms with Crippen LogP contribution in [0.2, 0.25) is 0 Å². The van der Waals surface area contributed by atoms with Crippen LogP contribution in [-0.2, 0) is 22.4 Å². The summed E-state index contributed by atoms with van der Waals surface area (Å²) in [5, 5.41) is 5.76. The van der Waals surface area contributed by atoms with Gasteiger partial charge in [0.2, 0.25) is 5.91 Å². The standard InChI is InChI=1S/C20H25N3O3/c24-17(21-16-10-6-8-14-7-2-3-9-15(14)16)13-23-18(25)20(22-19(23)26)11-4-1-5-12-20/h6,8,10H,1-5,7,9,11-13H2,(H,21,24)(H,22,26). The number of nitrogens with zero attached hydrogens (tertiary/aromatic N) is 1. The summed E-state index contributed by atoms with van der Waals surface area (Å²) in [7, 11) is 0. The lowest BCUT2D eigenvalue weighted by molar-refractivity contribution is -0.134. The van der Waals surface area contributed by atoms with Gasteiger partial charge in [-0.2, -0.15) is 0 Å². The number of carbonyl (C=O) groups is 3. The minimum Gasteiger partial charge on any atom is -0.324 e. The van der Waals surface area contributed by atoms with Gasteiger partial charge in [0.25, 0.3) is 5.91 Å². The molecule has 26 heavy (non-hydrogen) atoms. The summed E-state index contributed by atoms with van der Waals surface area (Å²) < 4.78 is 0. The number of hydrogen-bond acceptors (Lipinski definition) is 3. The zero-order chi connectivity index (χ0) is 18.1. The smallest absolute Gasteiger partial charge is 0.324 e. The number of hydrogen-bond donors (Lipinski definition) is 2. The molecule has 4 rings (SSSR count). The largest absolute Gasteiger partial charge is 0.325 e. The zero-order valence-electron chi connectivity index (χ0n) is 15.0. The molecule has 2 aliphatic carbocycles. The molecule has 1 saturated heterocycles. The Hall–Kier alpha value is -2.37. The molecule has 1 aromatic rings. The van der Waals surface area contributed by atoms with Crippen molar-refractivity contribution in [3.05, 3.63) is 29.3 Å². The van der Waals surface area contributed by atoms with Gasteiger partial charge in [0, 0.05) is 5.69 Å². The van der Waals surface area contributed by atoms with Crippen molar-refractivity contribution in [3.8, 4) is 0 Å². The van der Waals surface area contributed by atoms with E-state index in [4.69, 9.17) is 0 Å². The average molecular weight is 355 g/mol. The van der Waals surface area contributed by atoms with Crippen LogP contribution >= 0.6 is 0 Å². The summed E-state index contributed by atoms with van der Waals surface area (Å²) in [5.41, 5.74) is 2.51. The third-order valence-electron chi connectivity index (χ3n) is 5.92. The summed E-state index contributed by atoms with van der Waals surface area (Å²) in [5.74, 6) is -0.562. The highest BCUT2D eigenvalue weighted by atomic mass is 16.2. The first-order valence-corrected chi connectivity index (χ1v) is 9.64. The molecular weight excluding hydrogens is 330 g/mol. The molecule has 3 aliphatic rings. The highest BCUT2D eigenvalue weighted by molar-refractivity contribution is 6.10. The van der Waals surface area contributed by atoms with Crippen molar-refractivity contribution in [2.45, 2.75) is 63.3 Å². The van der Waals surface area contributed by atoms with Crippen LogP contribution in [-0.4, -0.2) is 34.8 Å². The summed E-state index contributed by atoms with van der Waals surface area (Å²) in [4.78, 5) is 38.7. The van der Waals surface area contributed by atoms with Crippen LogP contribution in [0.4, 0.5) is 10.5 Å². The molecule has 6 heteroatoms. The summed E-state index contributed by atoms with van der Waals surface area (Å²) in [6, 6.07) is 5.51. The maximum Gasteiger partial charge on any atom is 0.325 e. The first kappa shape index (κ1) is 17.1. The number of rotatable bonds is 3. The van der Waals surface area contributed by atoms with Crippen molar-refractivity contribution in [3.63, 3.8) is 0 Å². The molecule has 1 saturated carbocycles. The lowest BCUT2D eigenvalue weighted by atomic mass is 9.82. The molecule has 1 aromatic carbocycles. The van der Waals surface area contributed by atoms with Crippen molar-refractivity contribution >= 4 is 23.5 Å². The van der Waals surface area contributed by atoms with Crippen LogP contribution in [0.15, 0.2) is 18.2 Å². The van der Waals surface area contributed by atoms with Gasteiger partial charge in [-0.15, -0.1) is 0 Å². The Kier molecular flexibility index (Phi) is 4.42. The number of imide groups is 1. The van der Waals surface area contributed by atoms with Gasteiger partial charge in [0.1, 0.15) is 12.1 Å². The van der Waals surface area contributed by atoms with E-state index in [0.29, 0.717) is 12.8 Å². The van der Waals surface area contributed by atoms with E-state index in [-0.39, 0.29) is 18.4 Å². The third kappa shape index (κ3) is 2.97. The second kappa shape index (κ2) is 6.74. The van der Waals surface area contributed by atoms with Crippen molar-refractivity contribution in [1.82, 2.24) is 10.2 Å². The molecule has 138 valence electrons. The van der Waals surface area contributed by atoms with E-state index < -0.39 is 11.6 Å². The van der Waals surface area contributed by atoms with Gasteiger partial charge in [-0.1, -0.05) is 31.4 Å². The number of aryl methyl sites for hydroxylation is 1. The Morgan fingerprint density at radius 2 is 1.85 bits per heavy atom. The first-order valence-electron chi connectivity index (χ1n) is 9.64. The predicted octanol–water partition coefficient (Wildman–Crippen LogP) is 2.76. The summed E-state index contributed by atoms with van der Waals surface area (Å²) >= 11 is 0. The second-order valence-corrected chi connectivity index (χ2v) is 7.66. The summed E-state index contributed by atoms with van der Waals surface area (Å²) in [6.07, 6.45) is 8.58. The number of nitrogens with one attached hydrogen (secondary N) is 2. The normalized spacial score (nSPS) is 21.5. The molecular formula is C20H25N3O3.